The minimum Gasteiger partial charge on any atom is -0.317 e. The van der Waals surface area contributed by atoms with Crippen molar-refractivity contribution in [2.45, 2.75) is 73.1 Å². The van der Waals surface area contributed by atoms with E-state index in [1.807, 2.05) is 11.8 Å². The number of carbonyl (C=O) groups excluding carboxylic acids is 1. The average Bonchev–Trinajstić information content (AvgIpc) is 2.37. The van der Waals surface area contributed by atoms with Gasteiger partial charge in [0.15, 0.2) is 0 Å². The van der Waals surface area contributed by atoms with Gasteiger partial charge >= 0.3 is 0 Å². The van der Waals surface area contributed by atoms with Crippen LogP contribution >= 0.6 is 0 Å². The van der Waals surface area contributed by atoms with Gasteiger partial charge < -0.3 is 4.90 Å². The molecule has 0 aliphatic rings. The highest BCUT2D eigenvalue weighted by Gasteiger charge is 2.34. The lowest BCUT2D eigenvalue weighted by Gasteiger charge is -2.34. The summed E-state index contributed by atoms with van der Waals surface area (Å²) in [6.45, 7) is 15.4. The number of amides is 1. The first-order valence-electron chi connectivity index (χ1n) is 7.46. The highest BCUT2D eigenvalue weighted by Crippen LogP contribution is 2.31. The lowest BCUT2D eigenvalue weighted by molar-refractivity contribution is -0.139. The molecule has 106 valence electrons. The van der Waals surface area contributed by atoms with Gasteiger partial charge in [-0.05, 0) is 32.6 Å². The van der Waals surface area contributed by atoms with Gasteiger partial charge in [-0.3, -0.25) is 4.79 Å². The van der Waals surface area contributed by atoms with Crippen molar-refractivity contribution >= 4 is 5.91 Å². The lowest BCUT2D eigenvalue weighted by atomic mass is 9.81. The van der Waals surface area contributed by atoms with Crippen LogP contribution in [0.4, 0.5) is 0 Å². The number of allylic oxidation sites excluding steroid dienone is 1. The topological polar surface area (TPSA) is 20.3 Å². The summed E-state index contributed by atoms with van der Waals surface area (Å²) in [6.07, 6.45) is 6.10. The van der Waals surface area contributed by atoms with E-state index in [4.69, 9.17) is 0 Å². The molecule has 0 radical (unpaired) electrons. The number of carbonyl (C=O) groups is 1. The second-order valence-electron chi connectivity index (χ2n) is 5.38. The number of nitrogens with zero attached hydrogens (tertiary/aromatic N) is 1. The van der Waals surface area contributed by atoms with Crippen molar-refractivity contribution in [3.8, 4) is 0 Å². The van der Waals surface area contributed by atoms with Crippen LogP contribution in [0, 0.1) is 5.41 Å². The van der Waals surface area contributed by atoms with Crippen LogP contribution in [0.25, 0.3) is 0 Å². The van der Waals surface area contributed by atoms with Crippen LogP contribution in [0.1, 0.15) is 73.1 Å². The number of hydrogen-bond acceptors (Lipinski definition) is 1. The summed E-state index contributed by atoms with van der Waals surface area (Å²) >= 11 is 0. The third-order valence-electron chi connectivity index (χ3n) is 3.86. The van der Waals surface area contributed by atoms with Gasteiger partial charge in [-0.25, -0.2) is 0 Å². The largest absolute Gasteiger partial charge is 0.317 e. The van der Waals surface area contributed by atoms with E-state index < -0.39 is 0 Å². The SMILES string of the molecule is C=C(CCCC)N(CC)C(=O)C(C)(CC)CCC. The van der Waals surface area contributed by atoms with Gasteiger partial charge in [0.05, 0.1) is 0 Å². The molecule has 0 bridgehead atoms. The normalized spacial score (nSPS) is 14.1. The van der Waals surface area contributed by atoms with E-state index in [1.165, 1.54) is 0 Å². The first-order chi connectivity index (χ1) is 8.46. The summed E-state index contributed by atoms with van der Waals surface area (Å²) in [5, 5.41) is 0. The van der Waals surface area contributed by atoms with Crippen molar-refractivity contribution in [1.82, 2.24) is 4.90 Å². The quantitative estimate of drug-likeness (QED) is 0.580. The molecule has 0 saturated carbocycles. The van der Waals surface area contributed by atoms with Crippen LogP contribution in [0.3, 0.4) is 0 Å². The third-order valence-corrected chi connectivity index (χ3v) is 3.86. The molecule has 0 aromatic rings. The van der Waals surface area contributed by atoms with Crippen LogP contribution in [-0.4, -0.2) is 17.4 Å². The summed E-state index contributed by atoms with van der Waals surface area (Å²) in [6, 6.07) is 0. The molecule has 0 spiro atoms. The molecule has 1 atom stereocenters. The van der Waals surface area contributed by atoms with E-state index >= 15 is 0 Å². The highest BCUT2D eigenvalue weighted by atomic mass is 16.2. The smallest absolute Gasteiger partial charge is 0.232 e. The Morgan fingerprint density at radius 3 is 2.17 bits per heavy atom. The van der Waals surface area contributed by atoms with Crippen molar-refractivity contribution in [2.75, 3.05) is 6.54 Å². The maximum absolute atomic E-state index is 12.7. The Labute approximate surface area is 113 Å². The fraction of sp³-hybridized carbons (Fsp3) is 0.812. The summed E-state index contributed by atoms with van der Waals surface area (Å²) < 4.78 is 0. The fourth-order valence-corrected chi connectivity index (χ4v) is 2.34. The molecule has 1 amide bonds. The molecule has 18 heavy (non-hydrogen) atoms. The standard InChI is InChI=1S/C16H31NO/c1-7-11-12-14(5)17(10-4)15(18)16(6,9-3)13-8-2/h5,7-13H2,1-4,6H3. The Hall–Kier alpha value is -0.790. The molecule has 0 aliphatic heterocycles. The molecule has 0 aromatic heterocycles. The van der Waals surface area contributed by atoms with Gasteiger partial charge in [0.2, 0.25) is 5.91 Å². The molecular formula is C16H31NO. The van der Waals surface area contributed by atoms with E-state index in [0.717, 1.165) is 50.8 Å². The summed E-state index contributed by atoms with van der Waals surface area (Å²) in [5.74, 6) is 0.260. The van der Waals surface area contributed by atoms with Gasteiger partial charge in [-0.15, -0.1) is 0 Å². The highest BCUT2D eigenvalue weighted by molar-refractivity contribution is 5.83. The number of unbranched alkanes of at least 4 members (excludes halogenated alkanes) is 1. The number of hydrogen-bond donors (Lipinski definition) is 0. The summed E-state index contributed by atoms with van der Waals surface area (Å²) in [4.78, 5) is 14.6. The van der Waals surface area contributed by atoms with Gasteiger partial charge in [0.25, 0.3) is 0 Å². The second-order valence-corrected chi connectivity index (χ2v) is 5.38. The zero-order valence-corrected chi connectivity index (χ0v) is 13.0. The Balaban J connectivity index is 4.82. The van der Waals surface area contributed by atoms with Crippen molar-refractivity contribution in [3.63, 3.8) is 0 Å². The van der Waals surface area contributed by atoms with E-state index in [0.29, 0.717) is 0 Å². The molecule has 0 aliphatic carbocycles. The van der Waals surface area contributed by atoms with Crippen molar-refractivity contribution < 1.29 is 4.79 Å². The lowest BCUT2D eigenvalue weighted by Crippen LogP contribution is -2.41. The Bertz CT molecular complexity index is 272. The maximum atomic E-state index is 12.7. The maximum Gasteiger partial charge on any atom is 0.232 e. The minimum absolute atomic E-state index is 0.222. The van der Waals surface area contributed by atoms with Crippen LogP contribution in [-0.2, 0) is 4.79 Å². The predicted molar refractivity (Wildman–Crippen MR) is 79.4 cm³/mol. The monoisotopic (exact) mass is 253 g/mol. The Morgan fingerprint density at radius 1 is 1.17 bits per heavy atom. The van der Waals surface area contributed by atoms with Gasteiger partial charge in [0.1, 0.15) is 0 Å². The van der Waals surface area contributed by atoms with Crippen LogP contribution in [0.5, 0.6) is 0 Å². The first-order valence-corrected chi connectivity index (χ1v) is 7.46. The van der Waals surface area contributed by atoms with Crippen molar-refractivity contribution in [1.29, 1.82) is 0 Å². The summed E-state index contributed by atoms with van der Waals surface area (Å²) in [5.41, 5.74) is 0.764. The van der Waals surface area contributed by atoms with Crippen molar-refractivity contribution in [2.24, 2.45) is 5.41 Å². The number of rotatable bonds is 9. The molecule has 2 nitrogen and oxygen atoms in total. The molecule has 0 heterocycles. The average molecular weight is 253 g/mol. The molecule has 0 fully saturated rings. The zero-order chi connectivity index (χ0) is 14.2. The van der Waals surface area contributed by atoms with Gasteiger partial charge in [-0.1, -0.05) is 47.1 Å². The van der Waals surface area contributed by atoms with Gasteiger partial charge in [0, 0.05) is 17.7 Å². The minimum atomic E-state index is -0.222. The second kappa shape index (κ2) is 8.34. The molecule has 0 rings (SSSR count). The summed E-state index contributed by atoms with van der Waals surface area (Å²) in [7, 11) is 0. The van der Waals surface area contributed by atoms with E-state index in [9.17, 15) is 4.79 Å². The molecule has 0 aromatic carbocycles. The first kappa shape index (κ1) is 17.2. The predicted octanol–water partition coefficient (Wildman–Crippen LogP) is 4.76. The van der Waals surface area contributed by atoms with E-state index in [-0.39, 0.29) is 11.3 Å². The van der Waals surface area contributed by atoms with Crippen LogP contribution in [0.15, 0.2) is 12.3 Å². The molecule has 2 heteroatoms. The van der Waals surface area contributed by atoms with E-state index in [2.05, 4.69) is 34.3 Å². The molecule has 1 unspecified atom stereocenters. The van der Waals surface area contributed by atoms with Crippen LogP contribution < -0.4 is 0 Å². The third kappa shape index (κ3) is 4.47. The van der Waals surface area contributed by atoms with E-state index in [1.54, 1.807) is 0 Å². The Kier molecular flexibility index (Phi) is 7.97. The molecular weight excluding hydrogens is 222 g/mol. The Morgan fingerprint density at radius 2 is 1.78 bits per heavy atom. The van der Waals surface area contributed by atoms with Crippen LogP contribution in [0.2, 0.25) is 0 Å². The van der Waals surface area contributed by atoms with Crippen molar-refractivity contribution in [3.05, 3.63) is 12.3 Å². The molecule has 0 N–H and O–H groups in total. The molecule has 0 saturated heterocycles. The zero-order valence-electron chi connectivity index (χ0n) is 13.0. The van der Waals surface area contributed by atoms with Gasteiger partial charge in [-0.2, -0.15) is 0 Å². The fourth-order valence-electron chi connectivity index (χ4n) is 2.34.